The van der Waals surface area contributed by atoms with Gasteiger partial charge < -0.3 is 33.5 Å². The van der Waals surface area contributed by atoms with Gasteiger partial charge in [0.05, 0.1) is 14.2 Å². The predicted octanol–water partition coefficient (Wildman–Crippen LogP) is -0.742. The molecule has 1 heterocycles. The van der Waals surface area contributed by atoms with Gasteiger partial charge in [-0.2, -0.15) is 13.2 Å². The number of hydrogen-bond acceptors (Lipinski definition) is 2. The molecule has 1 aromatic carbocycles. The lowest BCUT2D eigenvalue weighted by Gasteiger charge is -2.16. The summed E-state index contributed by atoms with van der Waals surface area (Å²) in [5, 5.41) is 0. The maximum atomic E-state index is 12.4. The molecule has 3 nitrogen and oxygen atoms in total. The largest absolute Gasteiger partial charge is 1.00 e. The van der Waals surface area contributed by atoms with E-state index in [-0.39, 0.29) is 24.0 Å². The molecule has 20 heavy (non-hydrogen) atoms. The fourth-order valence-corrected chi connectivity index (χ4v) is 2.15. The Morgan fingerprint density at radius 2 is 1.75 bits per heavy atom. The lowest BCUT2D eigenvalue weighted by atomic mass is 10.0. The Kier molecular flexibility index (Phi) is 5.67. The van der Waals surface area contributed by atoms with Gasteiger partial charge >= 0.3 is 6.18 Å². The smallest absolute Gasteiger partial charge is 0.448 e. The number of methoxy groups -OCH3 is 2. The summed E-state index contributed by atoms with van der Waals surface area (Å²) in [6, 6.07) is 3.52. The summed E-state index contributed by atoms with van der Waals surface area (Å²) in [7, 11) is 3.04. The van der Waals surface area contributed by atoms with Crippen molar-refractivity contribution in [3.05, 3.63) is 23.3 Å². The van der Waals surface area contributed by atoms with Crippen LogP contribution < -0.4 is 33.5 Å². The summed E-state index contributed by atoms with van der Waals surface area (Å²) in [5.41, 5.74) is 1.71. The summed E-state index contributed by atoms with van der Waals surface area (Å²) >= 11 is 0. The first-order valence-electron chi connectivity index (χ1n) is 5.83. The summed E-state index contributed by atoms with van der Waals surface area (Å²) < 4.78 is 48.7. The maximum absolute atomic E-state index is 12.4. The van der Waals surface area contributed by atoms with Gasteiger partial charge in [-0.25, -0.2) is 4.58 Å². The number of rotatable bonds is 3. The first kappa shape index (κ1) is 17.1. The molecule has 1 aromatic rings. The molecule has 112 valence electrons. The van der Waals surface area contributed by atoms with Crippen LogP contribution in [0.4, 0.5) is 13.2 Å². The first-order chi connectivity index (χ1) is 8.93. The predicted molar refractivity (Wildman–Crippen MR) is 64.5 cm³/mol. The van der Waals surface area contributed by atoms with Crippen LogP contribution in [0.25, 0.3) is 0 Å². The van der Waals surface area contributed by atoms with Gasteiger partial charge in [-0.3, -0.25) is 0 Å². The van der Waals surface area contributed by atoms with E-state index in [2.05, 4.69) is 0 Å². The van der Waals surface area contributed by atoms with E-state index >= 15 is 0 Å². The Morgan fingerprint density at radius 1 is 1.15 bits per heavy atom. The average molecular weight is 401 g/mol. The standard InChI is InChI=1S/C13H15F3NO2.HI/c1-18-11-5-9-3-4-17(8-13(14,15)16)7-10(9)6-12(11)19-2;/h5-7H,3-4,8H2,1-2H3;1H/q+1;/p-1. The SMILES string of the molecule is COc1cc2c(cc1OC)CC[N+](CC(F)(F)F)=C2.[I-]. The highest BCUT2D eigenvalue weighted by Gasteiger charge is 2.35. The Balaban J connectivity index is 0.00000200. The van der Waals surface area contributed by atoms with Crippen LogP contribution in [-0.4, -0.2) is 44.3 Å². The van der Waals surface area contributed by atoms with Gasteiger partial charge in [-0.05, 0) is 17.7 Å². The number of fused-ring (bicyclic) bond motifs is 1. The quantitative estimate of drug-likeness (QED) is 0.492. The zero-order valence-electron chi connectivity index (χ0n) is 11.1. The van der Waals surface area contributed by atoms with Crippen molar-refractivity contribution in [3.8, 4) is 11.5 Å². The third kappa shape index (κ3) is 4.00. The minimum Gasteiger partial charge on any atom is -1.00 e. The second-order valence-electron chi connectivity index (χ2n) is 4.37. The summed E-state index contributed by atoms with van der Waals surface area (Å²) in [5.74, 6) is 1.12. The molecule has 0 aliphatic carbocycles. The van der Waals surface area contributed by atoms with Crippen LogP contribution >= 0.6 is 0 Å². The second kappa shape index (κ2) is 6.64. The van der Waals surface area contributed by atoms with Gasteiger partial charge in [0.2, 0.25) is 6.54 Å². The molecule has 0 spiro atoms. The van der Waals surface area contributed by atoms with Crippen molar-refractivity contribution < 1.29 is 51.2 Å². The van der Waals surface area contributed by atoms with E-state index in [0.717, 1.165) is 11.1 Å². The molecule has 0 atom stereocenters. The molecular weight excluding hydrogens is 386 g/mol. The van der Waals surface area contributed by atoms with Crippen molar-refractivity contribution in [3.63, 3.8) is 0 Å². The van der Waals surface area contributed by atoms with Gasteiger partial charge in [-0.15, -0.1) is 0 Å². The summed E-state index contributed by atoms with van der Waals surface area (Å²) in [6.07, 6.45) is -2.11. The summed E-state index contributed by atoms with van der Waals surface area (Å²) in [4.78, 5) is 0. The fourth-order valence-electron chi connectivity index (χ4n) is 2.15. The Bertz CT molecular complexity index is 515. The van der Waals surface area contributed by atoms with Crippen molar-refractivity contribution in [2.75, 3.05) is 27.3 Å². The van der Waals surface area contributed by atoms with E-state index in [1.54, 1.807) is 6.07 Å². The molecule has 1 aliphatic rings. The second-order valence-corrected chi connectivity index (χ2v) is 4.37. The molecule has 0 amide bonds. The topological polar surface area (TPSA) is 21.5 Å². The van der Waals surface area contributed by atoms with E-state index in [9.17, 15) is 13.2 Å². The zero-order chi connectivity index (χ0) is 14.0. The molecule has 0 fully saturated rings. The van der Waals surface area contributed by atoms with Crippen LogP contribution in [0.3, 0.4) is 0 Å². The Morgan fingerprint density at radius 3 is 2.30 bits per heavy atom. The van der Waals surface area contributed by atoms with Gasteiger partial charge in [0.1, 0.15) is 6.54 Å². The summed E-state index contributed by atoms with van der Waals surface area (Å²) in [6.45, 7) is -0.581. The molecule has 0 unspecified atom stereocenters. The van der Waals surface area contributed by atoms with Crippen molar-refractivity contribution in [2.45, 2.75) is 12.6 Å². The normalized spacial score (nSPS) is 13.9. The lowest BCUT2D eigenvalue weighted by molar-refractivity contribution is -0.554. The van der Waals surface area contributed by atoms with Crippen molar-refractivity contribution in [2.24, 2.45) is 0 Å². The van der Waals surface area contributed by atoms with Crippen LogP contribution in [0.1, 0.15) is 11.1 Å². The number of hydrogen-bond donors (Lipinski definition) is 0. The molecule has 1 aliphatic heterocycles. The molecule has 2 rings (SSSR count). The highest BCUT2D eigenvalue weighted by molar-refractivity contribution is 5.80. The fraction of sp³-hybridized carbons (Fsp3) is 0.462. The number of nitrogens with zero attached hydrogens (tertiary/aromatic N) is 1. The number of halogens is 4. The van der Waals surface area contributed by atoms with E-state index in [1.807, 2.05) is 6.07 Å². The van der Waals surface area contributed by atoms with Crippen LogP contribution in [0.5, 0.6) is 11.5 Å². The molecule has 0 aromatic heterocycles. The van der Waals surface area contributed by atoms with E-state index in [0.29, 0.717) is 24.5 Å². The minimum absolute atomic E-state index is 0. The van der Waals surface area contributed by atoms with Crippen molar-refractivity contribution >= 4 is 6.21 Å². The first-order valence-corrected chi connectivity index (χ1v) is 5.83. The number of benzene rings is 1. The van der Waals surface area contributed by atoms with Crippen LogP contribution in [0, 0.1) is 0 Å². The third-order valence-electron chi connectivity index (χ3n) is 3.02. The molecule has 0 radical (unpaired) electrons. The van der Waals surface area contributed by atoms with Crippen LogP contribution in [0.15, 0.2) is 12.1 Å². The van der Waals surface area contributed by atoms with E-state index in [1.165, 1.54) is 25.0 Å². The Hall–Kier alpha value is -0.990. The zero-order valence-corrected chi connectivity index (χ0v) is 13.3. The molecule has 0 saturated heterocycles. The Labute approximate surface area is 132 Å². The van der Waals surface area contributed by atoms with Crippen LogP contribution in [-0.2, 0) is 6.42 Å². The van der Waals surface area contributed by atoms with Gasteiger partial charge in [0, 0.05) is 12.0 Å². The number of ether oxygens (including phenoxy) is 2. The third-order valence-corrected chi connectivity index (χ3v) is 3.02. The van der Waals surface area contributed by atoms with Gasteiger partial charge in [0.25, 0.3) is 0 Å². The van der Waals surface area contributed by atoms with Crippen molar-refractivity contribution in [1.29, 1.82) is 0 Å². The highest BCUT2D eigenvalue weighted by Crippen LogP contribution is 2.31. The van der Waals surface area contributed by atoms with Gasteiger partial charge in [-0.1, -0.05) is 0 Å². The van der Waals surface area contributed by atoms with Crippen molar-refractivity contribution in [1.82, 2.24) is 0 Å². The molecular formula is C13H15F3INO2. The van der Waals surface area contributed by atoms with E-state index < -0.39 is 12.7 Å². The molecule has 0 N–H and O–H groups in total. The molecule has 0 bridgehead atoms. The lowest BCUT2D eigenvalue weighted by Crippen LogP contribution is -3.00. The van der Waals surface area contributed by atoms with Gasteiger partial charge in [0.15, 0.2) is 17.7 Å². The minimum atomic E-state index is -4.19. The highest BCUT2D eigenvalue weighted by atomic mass is 127. The number of alkyl halides is 3. The monoisotopic (exact) mass is 401 g/mol. The van der Waals surface area contributed by atoms with E-state index in [4.69, 9.17) is 9.47 Å². The molecule has 7 heteroatoms. The average Bonchev–Trinajstić information content (AvgIpc) is 2.35. The molecule has 0 saturated carbocycles. The van der Waals surface area contributed by atoms with Crippen LogP contribution in [0.2, 0.25) is 0 Å². The maximum Gasteiger partial charge on any atom is 0.448 e.